The van der Waals surface area contributed by atoms with Gasteiger partial charge in [0.05, 0.1) is 12.8 Å². The summed E-state index contributed by atoms with van der Waals surface area (Å²) < 4.78 is 14.1. The van der Waals surface area contributed by atoms with E-state index in [1.807, 2.05) is 41.1 Å². The first kappa shape index (κ1) is 18.7. The van der Waals surface area contributed by atoms with E-state index in [2.05, 4.69) is 58.7 Å². The summed E-state index contributed by atoms with van der Waals surface area (Å²) in [5.41, 5.74) is 6.50. The van der Waals surface area contributed by atoms with Crippen molar-refractivity contribution in [3.8, 4) is 11.5 Å². The summed E-state index contributed by atoms with van der Waals surface area (Å²) in [7, 11) is 1.68. The summed E-state index contributed by atoms with van der Waals surface area (Å²) in [6.45, 7) is 2.09. The van der Waals surface area contributed by atoms with Crippen molar-refractivity contribution in [3.63, 3.8) is 0 Å². The zero-order chi connectivity index (χ0) is 21.7. The molecule has 0 unspecified atom stereocenters. The largest absolute Gasteiger partial charge is 0.497 e. The van der Waals surface area contributed by atoms with Gasteiger partial charge in [0, 0.05) is 16.7 Å². The number of hydrogen-bond acceptors (Lipinski definition) is 5. The normalized spacial score (nSPS) is 18.7. The lowest BCUT2D eigenvalue weighted by molar-refractivity contribution is 0.222. The lowest BCUT2D eigenvalue weighted by atomic mass is 9.84. The quantitative estimate of drug-likeness (QED) is 0.494. The second-order valence-corrected chi connectivity index (χ2v) is 8.07. The highest BCUT2D eigenvalue weighted by Crippen LogP contribution is 2.50. The lowest BCUT2D eigenvalue weighted by Crippen LogP contribution is -2.32. The second kappa shape index (κ2) is 7.27. The first-order valence-electron chi connectivity index (χ1n) is 10.6. The lowest BCUT2D eigenvalue weighted by Gasteiger charge is -2.39. The van der Waals surface area contributed by atoms with Gasteiger partial charge in [0.1, 0.15) is 30.0 Å². The van der Waals surface area contributed by atoms with Crippen LogP contribution in [0.15, 0.2) is 84.7 Å². The van der Waals surface area contributed by atoms with Crippen LogP contribution in [-0.2, 0) is 0 Å². The molecule has 0 aliphatic carbocycles. The highest BCUT2D eigenvalue weighted by molar-refractivity contribution is 5.85. The fraction of sp³-hybridized carbons (Fsp3) is 0.154. The first-order chi connectivity index (χ1) is 15.7. The average molecular weight is 422 g/mol. The summed E-state index contributed by atoms with van der Waals surface area (Å²) in [5, 5.41) is 8.11. The second-order valence-electron chi connectivity index (χ2n) is 8.07. The van der Waals surface area contributed by atoms with Crippen molar-refractivity contribution in [1.29, 1.82) is 0 Å². The molecular weight excluding hydrogens is 400 g/mol. The third-order valence-electron chi connectivity index (χ3n) is 6.11. The van der Waals surface area contributed by atoms with Crippen molar-refractivity contribution in [2.75, 3.05) is 12.4 Å². The van der Waals surface area contributed by atoms with E-state index in [0.29, 0.717) is 0 Å². The first-order valence-corrected chi connectivity index (χ1v) is 10.6. The summed E-state index contributed by atoms with van der Waals surface area (Å²) >= 11 is 0. The molecule has 158 valence electrons. The number of aromatic nitrogens is 3. The van der Waals surface area contributed by atoms with Crippen LogP contribution in [0.1, 0.15) is 34.4 Å². The van der Waals surface area contributed by atoms with E-state index in [1.165, 1.54) is 5.56 Å². The molecule has 0 saturated heterocycles. The Morgan fingerprint density at radius 1 is 0.969 bits per heavy atom. The van der Waals surface area contributed by atoms with E-state index in [1.54, 1.807) is 13.4 Å². The molecule has 32 heavy (non-hydrogen) atoms. The Bertz CT molecular complexity index is 1340. The highest BCUT2D eigenvalue weighted by Gasteiger charge is 2.40. The van der Waals surface area contributed by atoms with Crippen molar-refractivity contribution in [3.05, 3.63) is 107 Å². The monoisotopic (exact) mass is 422 g/mol. The summed E-state index contributed by atoms with van der Waals surface area (Å²) in [6.07, 6.45) is 1.28. The Labute approximate surface area is 186 Å². The van der Waals surface area contributed by atoms with Crippen LogP contribution in [0, 0.1) is 6.92 Å². The van der Waals surface area contributed by atoms with Gasteiger partial charge >= 0.3 is 0 Å². The number of nitrogens with zero attached hydrogens (tertiary/aromatic N) is 3. The van der Waals surface area contributed by atoms with Crippen LogP contribution >= 0.6 is 0 Å². The molecule has 2 aliphatic heterocycles. The zero-order valence-corrected chi connectivity index (χ0v) is 17.8. The molecule has 1 N–H and O–H groups in total. The SMILES string of the molecule is COc1cccc([C@@H]2Oc3ccccc3C3=C2[C@@H](c2ccc(C)cc2)n2ncnc2N3)c1. The molecule has 6 heteroatoms. The molecular formula is C26H22N4O2. The van der Waals surface area contributed by atoms with Crippen LogP contribution in [0.5, 0.6) is 11.5 Å². The van der Waals surface area contributed by atoms with E-state index in [9.17, 15) is 0 Å². The molecule has 1 aromatic heterocycles. The van der Waals surface area contributed by atoms with E-state index in [-0.39, 0.29) is 12.1 Å². The van der Waals surface area contributed by atoms with Crippen LogP contribution in [0.3, 0.4) is 0 Å². The van der Waals surface area contributed by atoms with Crippen molar-refractivity contribution in [2.24, 2.45) is 0 Å². The number of methoxy groups -OCH3 is 1. The van der Waals surface area contributed by atoms with Gasteiger partial charge in [-0.15, -0.1) is 0 Å². The number of para-hydroxylation sites is 1. The molecule has 0 bridgehead atoms. The van der Waals surface area contributed by atoms with Crippen LogP contribution in [0.2, 0.25) is 0 Å². The molecule has 0 spiro atoms. The molecule has 3 heterocycles. The van der Waals surface area contributed by atoms with E-state index in [4.69, 9.17) is 9.47 Å². The maximum atomic E-state index is 6.64. The molecule has 4 aromatic rings. The van der Waals surface area contributed by atoms with Crippen molar-refractivity contribution >= 4 is 11.6 Å². The van der Waals surface area contributed by atoms with Crippen LogP contribution in [-0.4, -0.2) is 21.9 Å². The maximum absolute atomic E-state index is 6.64. The number of nitrogens with one attached hydrogen (secondary N) is 1. The number of rotatable bonds is 3. The Morgan fingerprint density at radius 2 is 1.81 bits per heavy atom. The van der Waals surface area contributed by atoms with Crippen LogP contribution in [0.4, 0.5) is 5.95 Å². The molecule has 6 nitrogen and oxygen atoms in total. The van der Waals surface area contributed by atoms with Crippen molar-refractivity contribution < 1.29 is 9.47 Å². The summed E-state index contributed by atoms with van der Waals surface area (Å²) in [5.74, 6) is 2.35. The number of fused-ring (bicyclic) bond motifs is 3. The Kier molecular flexibility index (Phi) is 4.24. The third-order valence-corrected chi connectivity index (χ3v) is 6.11. The van der Waals surface area contributed by atoms with Gasteiger partial charge in [-0.3, -0.25) is 0 Å². The molecule has 2 atom stereocenters. The minimum Gasteiger partial charge on any atom is -0.497 e. The smallest absolute Gasteiger partial charge is 0.226 e. The van der Waals surface area contributed by atoms with Crippen LogP contribution in [0.25, 0.3) is 5.70 Å². The number of aryl methyl sites for hydroxylation is 1. The van der Waals surface area contributed by atoms with Gasteiger partial charge < -0.3 is 14.8 Å². The minimum atomic E-state index is -0.314. The van der Waals surface area contributed by atoms with Gasteiger partial charge in [-0.2, -0.15) is 10.1 Å². The maximum Gasteiger partial charge on any atom is 0.226 e. The van der Waals surface area contributed by atoms with Gasteiger partial charge in [-0.25, -0.2) is 4.68 Å². The van der Waals surface area contributed by atoms with Gasteiger partial charge in [0.25, 0.3) is 0 Å². The number of ether oxygens (including phenoxy) is 2. The van der Waals surface area contributed by atoms with Crippen LogP contribution < -0.4 is 14.8 Å². The predicted octanol–water partition coefficient (Wildman–Crippen LogP) is 5.16. The van der Waals surface area contributed by atoms with E-state index in [0.717, 1.165) is 45.4 Å². The molecule has 6 rings (SSSR count). The fourth-order valence-electron chi connectivity index (χ4n) is 4.57. The molecule has 2 aliphatic rings. The minimum absolute atomic E-state index is 0.158. The number of hydrogen-bond donors (Lipinski definition) is 1. The topological polar surface area (TPSA) is 61.2 Å². The number of anilines is 1. The Morgan fingerprint density at radius 3 is 2.66 bits per heavy atom. The average Bonchev–Trinajstić information content (AvgIpc) is 3.31. The summed E-state index contributed by atoms with van der Waals surface area (Å²) in [6, 6.07) is 24.6. The molecule has 0 radical (unpaired) electrons. The zero-order valence-electron chi connectivity index (χ0n) is 17.8. The van der Waals surface area contributed by atoms with Gasteiger partial charge in [-0.1, -0.05) is 54.1 Å². The Hall–Kier alpha value is -4.06. The van der Waals surface area contributed by atoms with Gasteiger partial charge in [0.2, 0.25) is 5.95 Å². The standard InChI is InChI=1S/C26H22N4O2/c1-16-10-12-17(13-11-16)24-22-23(29-26-27-15-28-30(24)26)20-8-3-4-9-21(20)32-25(22)18-6-5-7-19(14-18)31-2/h3-15,24-25H,1-2H3,(H,27,28,29)/t24-,25+/m1/s1. The molecule has 0 amide bonds. The molecule has 3 aromatic carbocycles. The number of benzene rings is 3. The van der Waals surface area contributed by atoms with Gasteiger partial charge in [-0.05, 0) is 36.8 Å². The molecule has 0 saturated carbocycles. The third kappa shape index (κ3) is 2.87. The fourth-order valence-corrected chi connectivity index (χ4v) is 4.57. The van der Waals surface area contributed by atoms with Crippen molar-refractivity contribution in [2.45, 2.75) is 19.1 Å². The molecule has 0 fully saturated rings. The Balaban J connectivity index is 1.62. The van der Waals surface area contributed by atoms with E-state index >= 15 is 0 Å². The van der Waals surface area contributed by atoms with E-state index < -0.39 is 0 Å². The van der Waals surface area contributed by atoms with Crippen molar-refractivity contribution in [1.82, 2.24) is 14.8 Å². The summed E-state index contributed by atoms with van der Waals surface area (Å²) in [4.78, 5) is 4.48. The van der Waals surface area contributed by atoms with Gasteiger partial charge in [0.15, 0.2) is 0 Å². The highest BCUT2D eigenvalue weighted by atomic mass is 16.5. The predicted molar refractivity (Wildman–Crippen MR) is 123 cm³/mol.